The molecular weight excluding hydrogens is 229 g/mol. The predicted molar refractivity (Wildman–Crippen MR) is 68.6 cm³/mol. The zero-order valence-electron chi connectivity index (χ0n) is 9.38. The van der Waals surface area contributed by atoms with Gasteiger partial charge in [-0.1, -0.05) is 24.3 Å². The molecular formula is C13H10AlNO2-. The van der Waals surface area contributed by atoms with Crippen LogP contribution < -0.4 is 3.79 Å². The van der Waals surface area contributed by atoms with Crippen molar-refractivity contribution in [1.29, 1.82) is 0 Å². The summed E-state index contributed by atoms with van der Waals surface area (Å²) in [4.78, 5) is 4.46. The van der Waals surface area contributed by atoms with Gasteiger partial charge < -0.3 is 8.21 Å². The van der Waals surface area contributed by atoms with E-state index in [9.17, 15) is 0 Å². The van der Waals surface area contributed by atoms with Crippen molar-refractivity contribution in [1.82, 2.24) is 4.98 Å². The van der Waals surface area contributed by atoms with Crippen LogP contribution in [-0.4, -0.2) is 21.6 Å². The summed E-state index contributed by atoms with van der Waals surface area (Å²) in [6.45, 7) is 0. The van der Waals surface area contributed by atoms with E-state index >= 15 is 0 Å². The Morgan fingerprint density at radius 3 is 2.59 bits per heavy atom. The molecule has 2 aromatic carbocycles. The van der Waals surface area contributed by atoms with Gasteiger partial charge in [-0.05, 0) is 24.3 Å². The molecule has 4 heteroatoms. The number of oxazole rings is 1. The molecule has 0 spiro atoms. The Hall–Kier alpha value is -1.76. The lowest BCUT2D eigenvalue weighted by Gasteiger charge is -2.12. The molecule has 0 aliphatic rings. The van der Waals surface area contributed by atoms with Crippen molar-refractivity contribution in [2.75, 3.05) is 0 Å². The molecule has 0 N–H and O–H groups in total. The van der Waals surface area contributed by atoms with Gasteiger partial charge in [0.1, 0.15) is 5.52 Å². The average molecular weight is 239 g/mol. The molecule has 0 fully saturated rings. The molecule has 0 unspecified atom stereocenters. The third kappa shape index (κ3) is 1.82. The van der Waals surface area contributed by atoms with Crippen LogP contribution in [0.1, 0.15) is 0 Å². The lowest BCUT2D eigenvalue weighted by atomic mass is 10.2. The van der Waals surface area contributed by atoms with Crippen LogP contribution in [0.4, 0.5) is 0 Å². The van der Waals surface area contributed by atoms with E-state index in [1.807, 2.05) is 48.5 Å². The molecule has 3 aromatic rings. The van der Waals surface area contributed by atoms with Crippen LogP contribution in [0.2, 0.25) is 0 Å². The maximum absolute atomic E-state index is 5.72. The topological polar surface area (TPSA) is 35.3 Å². The summed E-state index contributed by atoms with van der Waals surface area (Å²) in [5.74, 6) is 1.43. The van der Waals surface area contributed by atoms with Crippen molar-refractivity contribution in [2.24, 2.45) is 0 Å². The second kappa shape index (κ2) is 4.25. The summed E-state index contributed by atoms with van der Waals surface area (Å²) < 4.78 is 11.2. The van der Waals surface area contributed by atoms with Crippen molar-refractivity contribution < 1.29 is 8.21 Å². The summed E-state index contributed by atoms with van der Waals surface area (Å²) in [5, 5.41) is 0. The first-order valence-electron chi connectivity index (χ1n) is 5.37. The Kier molecular flexibility index (Phi) is 2.60. The highest BCUT2D eigenvalue weighted by molar-refractivity contribution is 6.00. The third-order valence-corrected chi connectivity index (χ3v) is 3.07. The maximum atomic E-state index is 5.72. The molecule has 0 aliphatic heterocycles. The van der Waals surface area contributed by atoms with Crippen LogP contribution in [-0.2, 0) is 0 Å². The summed E-state index contributed by atoms with van der Waals surface area (Å²) in [5.41, 5.74) is 2.56. The van der Waals surface area contributed by atoms with Gasteiger partial charge in [-0.3, -0.25) is 0 Å². The molecule has 3 nitrogen and oxygen atoms in total. The van der Waals surface area contributed by atoms with Crippen LogP contribution in [0.3, 0.4) is 0 Å². The van der Waals surface area contributed by atoms with E-state index in [1.54, 1.807) is 0 Å². The first-order chi connectivity index (χ1) is 8.38. The average Bonchev–Trinajstić information content (AvgIpc) is 2.82. The number of benzene rings is 2. The highest BCUT2D eigenvalue weighted by Crippen LogP contribution is 2.30. The lowest BCUT2D eigenvalue weighted by molar-refractivity contribution is 0.594. The second-order valence-corrected chi connectivity index (χ2v) is 4.10. The minimum atomic E-state index is 0.609. The Labute approximate surface area is 107 Å². The van der Waals surface area contributed by atoms with E-state index in [0.717, 1.165) is 22.4 Å². The molecule has 1 heterocycles. The largest absolute Gasteiger partial charge is 0.820 e. The monoisotopic (exact) mass is 239 g/mol. The molecule has 0 saturated heterocycles. The van der Waals surface area contributed by atoms with Gasteiger partial charge in [0.25, 0.3) is 0 Å². The van der Waals surface area contributed by atoms with Crippen molar-refractivity contribution >= 4 is 27.7 Å². The molecule has 1 radical (unpaired) electrons. The Bertz CT molecular complexity index is 630. The lowest BCUT2D eigenvalue weighted by Crippen LogP contribution is -1.88. The SMILES string of the molecule is [AlH2-][O]c1ccccc1-c1nc2ccccc2o1. The van der Waals surface area contributed by atoms with Gasteiger partial charge in [0.2, 0.25) is 5.89 Å². The fraction of sp³-hybridized carbons (Fsp3) is 0. The number of hydrogen-bond acceptors (Lipinski definition) is 3. The van der Waals surface area contributed by atoms with E-state index in [1.165, 1.54) is 0 Å². The number of para-hydroxylation sites is 3. The number of hydrogen-bond donors (Lipinski definition) is 0. The zero-order valence-corrected chi connectivity index (χ0v) is 11.4. The van der Waals surface area contributed by atoms with Crippen molar-refractivity contribution in [3.8, 4) is 17.2 Å². The third-order valence-electron chi connectivity index (χ3n) is 2.63. The summed E-state index contributed by atoms with van der Waals surface area (Å²) in [7, 11) is 0. The summed E-state index contributed by atoms with van der Waals surface area (Å²) in [6.07, 6.45) is 0. The quantitative estimate of drug-likeness (QED) is 0.644. The molecule has 0 aliphatic carbocycles. The van der Waals surface area contributed by atoms with Crippen LogP contribution in [0, 0.1) is 0 Å². The summed E-state index contributed by atoms with van der Waals surface area (Å²) >= 11 is 0.648. The molecule has 17 heavy (non-hydrogen) atoms. The van der Waals surface area contributed by atoms with Gasteiger partial charge in [-0.2, -0.15) is 0 Å². The number of nitrogens with zero attached hydrogens (tertiary/aromatic N) is 1. The molecule has 3 rings (SSSR count). The van der Waals surface area contributed by atoms with E-state index in [-0.39, 0.29) is 0 Å². The normalized spacial score (nSPS) is 10.6. The minimum Gasteiger partial charge on any atom is -0.820 e. The van der Waals surface area contributed by atoms with Crippen LogP contribution in [0.15, 0.2) is 52.9 Å². The minimum absolute atomic E-state index is 0.609. The van der Waals surface area contributed by atoms with Crippen molar-refractivity contribution in [2.45, 2.75) is 0 Å². The fourth-order valence-electron chi connectivity index (χ4n) is 1.81. The van der Waals surface area contributed by atoms with Gasteiger partial charge in [-0.25, -0.2) is 4.98 Å². The van der Waals surface area contributed by atoms with Crippen LogP contribution in [0.5, 0.6) is 5.75 Å². The Balaban J connectivity index is 2.20. The molecule has 83 valence electrons. The molecule has 0 bridgehead atoms. The van der Waals surface area contributed by atoms with Gasteiger partial charge in [0.05, 0.1) is 11.3 Å². The van der Waals surface area contributed by atoms with Gasteiger partial charge in [0, 0.05) is 0 Å². The molecule has 0 amide bonds. The first kappa shape index (κ1) is 10.4. The second-order valence-electron chi connectivity index (χ2n) is 3.69. The van der Waals surface area contributed by atoms with Gasteiger partial charge in [-0.15, -0.1) is 0 Å². The predicted octanol–water partition coefficient (Wildman–Crippen LogP) is 2.42. The fourth-order valence-corrected chi connectivity index (χ4v) is 2.16. The van der Waals surface area contributed by atoms with Gasteiger partial charge in [0.15, 0.2) is 22.2 Å². The molecule has 1 aromatic heterocycles. The van der Waals surface area contributed by atoms with Crippen molar-refractivity contribution in [3.05, 3.63) is 48.5 Å². The molecule has 0 saturated carbocycles. The molecule has 0 atom stereocenters. The van der Waals surface area contributed by atoms with Gasteiger partial charge >= 0.3 is 0 Å². The van der Waals surface area contributed by atoms with E-state index in [2.05, 4.69) is 4.98 Å². The standard InChI is InChI=1S/C13H9NO2.Al.2H/c15-11-7-3-1-5-9(11)13-14-10-6-2-4-8-12(10)16-13;;;/h1-8,15H;;;/p-1. The Morgan fingerprint density at radius 2 is 1.76 bits per heavy atom. The number of rotatable bonds is 2. The van der Waals surface area contributed by atoms with E-state index in [4.69, 9.17) is 8.21 Å². The maximum Gasteiger partial charge on any atom is 0.230 e. The summed E-state index contributed by atoms with van der Waals surface area (Å²) in [6, 6.07) is 15.5. The van der Waals surface area contributed by atoms with Crippen LogP contribution >= 0.6 is 0 Å². The van der Waals surface area contributed by atoms with E-state index < -0.39 is 0 Å². The van der Waals surface area contributed by atoms with Crippen LogP contribution in [0.25, 0.3) is 22.6 Å². The highest BCUT2D eigenvalue weighted by atomic mass is 27.1. The first-order valence-corrected chi connectivity index (χ1v) is 6.19. The Morgan fingerprint density at radius 1 is 1.00 bits per heavy atom. The number of fused-ring (bicyclic) bond motifs is 1. The smallest absolute Gasteiger partial charge is 0.230 e. The van der Waals surface area contributed by atoms with E-state index in [0.29, 0.717) is 22.5 Å². The van der Waals surface area contributed by atoms with Crippen molar-refractivity contribution in [3.63, 3.8) is 0 Å². The zero-order chi connectivity index (χ0) is 11.7. The number of aromatic nitrogens is 1. The highest BCUT2D eigenvalue weighted by Gasteiger charge is 2.10.